The third-order valence-electron chi connectivity index (χ3n) is 7.10. The number of rotatable bonds is 4. The van der Waals surface area contributed by atoms with Crippen LogP contribution in [0.2, 0.25) is 0 Å². The molecule has 2 aliphatic carbocycles. The fraction of sp³-hybridized carbons (Fsp3) is 0.280. The summed E-state index contributed by atoms with van der Waals surface area (Å²) >= 11 is 0. The molecule has 7 nitrogen and oxygen atoms in total. The summed E-state index contributed by atoms with van der Waals surface area (Å²) in [5, 5.41) is 11.9. The maximum absolute atomic E-state index is 12.7. The van der Waals surface area contributed by atoms with Crippen molar-refractivity contribution in [1.29, 1.82) is 0 Å². The molecule has 2 aromatic carbocycles. The number of nitrogens with zero attached hydrogens (tertiary/aromatic N) is 3. The molecule has 2 aliphatic rings. The highest BCUT2D eigenvalue weighted by atomic mass is 16.1. The Labute approximate surface area is 184 Å². The van der Waals surface area contributed by atoms with Gasteiger partial charge in [-0.15, -0.1) is 0 Å². The van der Waals surface area contributed by atoms with E-state index in [1.807, 2.05) is 59.3 Å². The second-order valence-corrected chi connectivity index (χ2v) is 9.18. The molecule has 160 valence electrons. The van der Waals surface area contributed by atoms with Gasteiger partial charge in [-0.25, -0.2) is 10.1 Å². The minimum absolute atomic E-state index is 0.0220. The molecule has 0 unspecified atom stereocenters. The molecular formula is C25H23N5O2. The maximum atomic E-state index is 12.7. The number of fused-ring (bicyclic) bond motifs is 1. The number of hydrogen-bond donors (Lipinski definition) is 2. The predicted molar refractivity (Wildman–Crippen MR) is 121 cm³/mol. The van der Waals surface area contributed by atoms with Crippen molar-refractivity contribution in [3.8, 4) is 5.69 Å². The third kappa shape index (κ3) is 3.12. The first-order chi connectivity index (χ1) is 15.6. The number of H-pyrrole nitrogens is 1. The first-order valence-corrected chi connectivity index (χ1v) is 11.0. The van der Waals surface area contributed by atoms with Gasteiger partial charge in [0, 0.05) is 41.0 Å². The van der Waals surface area contributed by atoms with Crippen LogP contribution in [-0.2, 0) is 0 Å². The monoisotopic (exact) mass is 425 g/mol. The van der Waals surface area contributed by atoms with E-state index >= 15 is 0 Å². The van der Waals surface area contributed by atoms with Crippen molar-refractivity contribution in [2.75, 3.05) is 0 Å². The summed E-state index contributed by atoms with van der Waals surface area (Å²) in [6.07, 6.45) is 9.46. The van der Waals surface area contributed by atoms with Gasteiger partial charge in [-0.3, -0.25) is 9.59 Å². The van der Waals surface area contributed by atoms with Gasteiger partial charge in [0.25, 0.3) is 11.5 Å². The van der Waals surface area contributed by atoms with E-state index in [4.69, 9.17) is 0 Å². The van der Waals surface area contributed by atoms with Crippen LogP contribution in [-0.4, -0.2) is 31.7 Å². The number of benzene rings is 2. The molecule has 4 aromatic rings. The second kappa shape index (κ2) is 7.15. The first-order valence-electron chi connectivity index (χ1n) is 11.0. The van der Waals surface area contributed by atoms with Gasteiger partial charge in [0.15, 0.2) is 0 Å². The Bertz CT molecular complexity index is 1340. The molecule has 1 amide bonds. The van der Waals surface area contributed by atoms with Crippen LogP contribution in [0.4, 0.5) is 0 Å². The Hall–Kier alpha value is -3.74. The molecular weight excluding hydrogens is 402 g/mol. The van der Waals surface area contributed by atoms with Crippen LogP contribution >= 0.6 is 0 Å². The number of imidazole rings is 1. The van der Waals surface area contributed by atoms with E-state index < -0.39 is 0 Å². The molecule has 1 spiro atoms. The van der Waals surface area contributed by atoms with Crippen molar-refractivity contribution in [3.63, 3.8) is 0 Å². The molecule has 0 saturated heterocycles. The molecule has 0 bridgehead atoms. The summed E-state index contributed by atoms with van der Waals surface area (Å²) in [7, 11) is 0. The summed E-state index contributed by atoms with van der Waals surface area (Å²) in [6, 6.07) is 15.5. The average Bonchev–Trinajstić information content (AvgIpc) is 3.30. The molecule has 2 N–H and O–H groups in total. The molecule has 32 heavy (non-hydrogen) atoms. The highest BCUT2D eigenvalue weighted by Crippen LogP contribution is 2.62. The van der Waals surface area contributed by atoms with Crippen LogP contribution in [0.3, 0.4) is 0 Å². The Morgan fingerprint density at radius 3 is 2.50 bits per heavy atom. The number of aromatic amines is 1. The number of hydrogen-bond acceptors (Lipinski definition) is 4. The molecule has 7 heteroatoms. The number of aromatic nitrogens is 4. The lowest BCUT2D eigenvalue weighted by Gasteiger charge is -2.57. The molecule has 0 aliphatic heterocycles. The summed E-state index contributed by atoms with van der Waals surface area (Å²) in [6.45, 7) is 0. The molecule has 2 heterocycles. The molecule has 2 aromatic heterocycles. The summed E-state index contributed by atoms with van der Waals surface area (Å²) < 4.78 is 1.91. The van der Waals surface area contributed by atoms with E-state index in [9.17, 15) is 9.59 Å². The Balaban J connectivity index is 1.07. The van der Waals surface area contributed by atoms with Gasteiger partial charge in [-0.2, -0.15) is 5.10 Å². The van der Waals surface area contributed by atoms with Crippen molar-refractivity contribution in [2.24, 2.45) is 5.41 Å². The fourth-order valence-electron chi connectivity index (χ4n) is 5.51. The molecule has 2 saturated carbocycles. The van der Waals surface area contributed by atoms with Gasteiger partial charge in [-0.1, -0.05) is 18.2 Å². The second-order valence-electron chi connectivity index (χ2n) is 9.18. The summed E-state index contributed by atoms with van der Waals surface area (Å²) in [4.78, 5) is 28.7. The van der Waals surface area contributed by atoms with E-state index in [1.165, 1.54) is 0 Å². The van der Waals surface area contributed by atoms with Gasteiger partial charge in [-0.05, 0) is 61.4 Å². The van der Waals surface area contributed by atoms with Crippen molar-refractivity contribution >= 4 is 16.7 Å². The van der Waals surface area contributed by atoms with Crippen molar-refractivity contribution in [2.45, 2.75) is 37.6 Å². The van der Waals surface area contributed by atoms with Gasteiger partial charge in [0.2, 0.25) is 0 Å². The highest BCUT2D eigenvalue weighted by Gasteiger charge is 2.54. The van der Waals surface area contributed by atoms with Crippen molar-refractivity contribution < 1.29 is 4.79 Å². The zero-order valence-corrected chi connectivity index (χ0v) is 17.5. The highest BCUT2D eigenvalue weighted by molar-refractivity contribution is 5.94. The van der Waals surface area contributed by atoms with Crippen LogP contribution < -0.4 is 10.9 Å². The standard InChI is InChI=1S/C25H23N5O2/c31-23(16-5-7-19(8-6-16)30-10-9-26-15-30)27-18-13-25(14-18)11-17(12-25)22-20-3-1-2-4-21(20)24(32)29-28-22/h1-10,15,17-18H,11-14H2,(H,27,31)(H,29,32)/t17-,18-,25?. The van der Waals surface area contributed by atoms with E-state index in [0.29, 0.717) is 22.3 Å². The lowest BCUT2D eigenvalue weighted by molar-refractivity contribution is -0.0196. The summed E-state index contributed by atoms with van der Waals surface area (Å²) in [5.74, 6) is 0.343. The molecule has 0 atom stereocenters. The zero-order valence-electron chi connectivity index (χ0n) is 17.5. The molecule has 2 fully saturated rings. The Morgan fingerprint density at radius 2 is 1.78 bits per heavy atom. The quantitative estimate of drug-likeness (QED) is 0.523. The van der Waals surface area contributed by atoms with Crippen molar-refractivity contribution in [3.05, 3.63) is 88.9 Å². The normalized spacial score (nSPS) is 24.1. The van der Waals surface area contributed by atoms with Crippen LogP contribution in [0.15, 0.2) is 72.0 Å². The Morgan fingerprint density at radius 1 is 1.03 bits per heavy atom. The van der Waals surface area contributed by atoms with Gasteiger partial charge in [0.05, 0.1) is 17.4 Å². The molecule has 0 radical (unpaired) electrons. The average molecular weight is 425 g/mol. The van der Waals surface area contributed by atoms with E-state index in [-0.39, 0.29) is 17.5 Å². The number of carbonyl (C=O) groups is 1. The first kappa shape index (κ1) is 19.0. The van der Waals surface area contributed by atoms with E-state index in [0.717, 1.165) is 42.5 Å². The third-order valence-corrected chi connectivity index (χ3v) is 7.10. The van der Waals surface area contributed by atoms with Gasteiger partial charge in [0.1, 0.15) is 0 Å². The maximum Gasteiger partial charge on any atom is 0.272 e. The van der Waals surface area contributed by atoms with Gasteiger partial charge < -0.3 is 9.88 Å². The van der Waals surface area contributed by atoms with Crippen LogP contribution in [0.1, 0.15) is 47.7 Å². The Kier molecular flexibility index (Phi) is 4.24. The van der Waals surface area contributed by atoms with Crippen molar-refractivity contribution in [1.82, 2.24) is 25.1 Å². The zero-order chi connectivity index (χ0) is 21.7. The SMILES string of the molecule is O=C(N[C@H]1CC2(C1)C[C@H](c1n[nH]c(=O)c3ccccc31)C2)c1ccc(-n2ccnc2)cc1. The predicted octanol–water partition coefficient (Wildman–Crippen LogP) is 3.57. The van der Waals surface area contributed by atoms with Crippen LogP contribution in [0, 0.1) is 5.41 Å². The topological polar surface area (TPSA) is 92.7 Å². The largest absolute Gasteiger partial charge is 0.349 e. The number of nitrogens with one attached hydrogen (secondary N) is 2. The minimum Gasteiger partial charge on any atom is -0.349 e. The van der Waals surface area contributed by atoms with E-state index in [2.05, 4.69) is 20.5 Å². The van der Waals surface area contributed by atoms with Crippen LogP contribution in [0.5, 0.6) is 0 Å². The minimum atomic E-state index is -0.136. The van der Waals surface area contributed by atoms with E-state index in [1.54, 1.807) is 12.5 Å². The van der Waals surface area contributed by atoms with Gasteiger partial charge >= 0.3 is 0 Å². The number of carbonyl (C=O) groups excluding carboxylic acids is 1. The lowest BCUT2D eigenvalue weighted by atomic mass is 9.49. The smallest absolute Gasteiger partial charge is 0.272 e. The lowest BCUT2D eigenvalue weighted by Crippen LogP contribution is -2.55. The number of amides is 1. The van der Waals surface area contributed by atoms with Crippen LogP contribution in [0.25, 0.3) is 16.5 Å². The molecule has 6 rings (SSSR count). The fourth-order valence-corrected chi connectivity index (χ4v) is 5.51. The summed E-state index contributed by atoms with van der Waals surface area (Å²) in [5.41, 5.74) is 2.81.